The van der Waals surface area contributed by atoms with Crippen molar-refractivity contribution in [2.75, 3.05) is 0 Å². The van der Waals surface area contributed by atoms with E-state index in [1.54, 1.807) is 0 Å². The van der Waals surface area contributed by atoms with E-state index in [1.165, 1.54) is 12.8 Å². The molecule has 3 aliphatic carbocycles. The van der Waals surface area contributed by atoms with E-state index in [2.05, 4.69) is 12.2 Å². The first-order chi connectivity index (χ1) is 10.1. The summed E-state index contributed by atoms with van der Waals surface area (Å²) in [4.78, 5) is 24.3. The van der Waals surface area contributed by atoms with Crippen LogP contribution in [0.2, 0.25) is 0 Å². The first-order valence-corrected chi connectivity index (χ1v) is 8.63. The average molecular weight is 293 g/mol. The fourth-order valence-corrected chi connectivity index (χ4v) is 4.67. The molecule has 0 aromatic rings. The molecule has 118 valence electrons. The van der Waals surface area contributed by atoms with Crippen LogP contribution in [-0.4, -0.2) is 22.5 Å². The molecule has 2 atom stereocenters. The Morgan fingerprint density at radius 2 is 1.67 bits per heavy atom. The van der Waals surface area contributed by atoms with Crippen LogP contribution in [0.4, 0.5) is 0 Å². The second kappa shape index (κ2) is 5.62. The molecule has 0 aliphatic heterocycles. The Hall–Kier alpha value is -1.06. The number of hydrogen-bond acceptors (Lipinski definition) is 2. The summed E-state index contributed by atoms with van der Waals surface area (Å²) in [6.07, 6.45) is 8.89. The highest BCUT2D eigenvalue weighted by Gasteiger charge is 2.56. The van der Waals surface area contributed by atoms with Crippen LogP contribution in [0.5, 0.6) is 0 Å². The molecule has 2 unspecified atom stereocenters. The van der Waals surface area contributed by atoms with Crippen molar-refractivity contribution < 1.29 is 14.7 Å². The van der Waals surface area contributed by atoms with Crippen molar-refractivity contribution in [1.29, 1.82) is 0 Å². The second-order valence-electron chi connectivity index (χ2n) is 7.37. The maximum Gasteiger partial charge on any atom is 0.329 e. The van der Waals surface area contributed by atoms with Crippen LogP contribution >= 0.6 is 0 Å². The summed E-state index contributed by atoms with van der Waals surface area (Å²) in [7, 11) is 0. The van der Waals surface area contributed by atoms with Gasteiger partial charge in [0.2, 0.25) is 5.91 Å². The number of amides is 1. The Kier molecular flexibility index (Phi) is 3.98. The summed E-state index contributed by atoms with van der Waals surface area (Å²) in [5.74, 6) is 0.983. The molecule has 0 saturated heterocycles. The average Bonchev–Trinajstić information content (AvgIpc) is 3.22. The molecule has 1 amide bonds. The fourth-order valence-electron chi connectivity index (χ4n) is 4.67. The number of carboxylic acids is 1. The van der Waals surface area contributed by atoms with Gasteiger partial charge in [0, 0.05) is 5.92 Å². The lowest BCUT2D eigenvalue weighted by molar-refractivity contribution is -0.150. The Balaban J connectivity index is 1.63. The van der Waals surface area contributed by atoms with Crippen molar-refractivity contribution in [3.8, 4) is 0 Å². The first kappa shape index (κ1) is 14.9. The molecule has 3 aliphatic rings. The molecule has 2 N–H and O–H groups in total. The first-order valence-electron chi connectivity index (χ1n) is 8.63. The van der Waals surface area contributed by atoms with Crippen LogP contribution in [0.1, 0.15) is 64.7 Å². The van der Waals surface area contributed by atoms with E-state index in [1.807, 2.05) is 0 Å². The van der Waals surface area contributed by atoms with Gasteiger partial charge in [0.15, 0.2) is 0 Å². The third-order valence-corrected chi connectivity index (χ3v) is 6.27. The van der Waals surface area contributed by atoms with Crippen LogP contribution < -0.4 is 5.32 Å². The molecule has 0 radical (unpaired) electrons. The van der Waals surface area contributed by atoms with Gasteiger partial charge >= 0.3 is 5.97 Å². The third-order valence-electron chi connectivity index (χ3n) is 6.27. The molecule has 21 heavy (non-hydrogen) atoms. The lowest BCUT2D eigenvalue weighted by Gasteiger charge is -2.37. The standard InChI is InChI=1S/C17H27NO3/c1-2-11-7-9-17(10-8-11,16(20)21)18-15(19)14-12-5-3-4-6-13(12)14/h11-14H,2-10H2,1H3,(H,18,19)(H,20,21). The minimum absolute atomic E-state index is 0.0178. The van der Waals surface area contributed by atoms with Gasteiger partial charge in [-0.15, -0.1) is 0 Å². The molecular weight excluding hydrogens is 266 g/mol. The Morgan fingerprint density at radius 3 is 2.14 bits per heavy atom. The predicted octanol–water partition coefficient (Wildman–Crippen LogP) is 2.96. The molecule has 0 spiro atoms. The van der Waals surface area contributed by atoms with Crippen LogP contribution in [0.3, 0.4) is 0 Å². The number of hydrogen-bond donors (Lipinski definition) is 2. The molecule has 0 bridgehead atoms. The number of carboxylic acid groups (broad SMARTS) is 1. The summed E-state index contributed by atoms with van der Waals surface area (Å²) in [6, 6.07) is 0. The molecule has 3 fully saturated rings. The van der Waals surface area contributed by atoms with Gasteiger partial charge in [0.25, 0.3) is 0 Å². The fraction of sp³-hybridized carbons (Fsp3) is 0.882. The number of fused-ring (bicyclic) bond motifs is 1. The molecular formula is C17H27NO3. The molecule has 3 rings (SSSR count). The van der Waals surface area contributed by atoms with Gasteiger partial charge in [-0.3, -0.25) is 4.79 Å². The second-order valence-corrected chi connectivity index (χ2v) is 7.37. The van der Waals surface area contributed by atoms with Gasteiger partial charge in [-0.25, -0.2) is 4.79 Å². The molecule has 4 nitrogen and oxygen atoms in total. The Bertz CT molecular complexity index is 414. The van der Waals surface area contributed by atoms with Gasteiger partial charge in [-0.1, -0.05) is 26.2 Å². The van der Waals surface area contributed by atoms with Crippen molar-refractivity contribution in [2.45, 2.75) is 70.3 Å². The smallest absolute Gasteiger partial charge is 0.329 e. The summed E-state index contributed by atoms with van der Waals surface area (Å²) >= 11 is 0. The highest BCUT2D eigenvalue weighted by molar-refractivity contribution is 5.89. The topological polar surface area (TPSA) is 66.4 Å². The zero-order valence-corrected chi connectivity index (χ0v) is 12.9. The van der Waals surface area contributed by atoms with Gasteiger partial charge in [-0.05, 0) is 56.3 Å². The predicted molar refractivity (Wildman–Crippen MR) is 79.7 cm³/mol. The quantitative estimate of drug-likeness (QED) is 0.837. The maximum atomic E-state index is 12.5. The molecule has 0 aromatic heterocycles. The lowest BCUT2D eigenvalue weighted by Crippen LogP contribution is -2.57. The zero-order chi connectivity index (χ0) is 15.0. The van der Waals surface area contributed by atoms with E-state index in [-0.39, 0.29) is 11.8 Å². The van der Waals surface area contributed by atoms with E-state index in [0.717, 1.165) is 32.1 Å². The minimum Gasteiger partial charge on any atom is -0.480 e. The van der Waals surface area contributed by atoms with Gasteiger partial charge in [0.05, 0.1) is 0 Å². The van der Waals surface area contributed by atoms with E-state index in [9.17, 15) is 14.7 Å². The third kappa shape index (κ3) is 2.69. The largest absolute Gasteiger partial charge is 0.480 e. The molecule has 4 heteroatoms. The van der Waals surface area contributed by atoms with E-state index >= 15 is 0 Å². The molecule has 0 aromatic carbocycles. The summed E-state index contributed by atoms with van der Waals surface area (Å²) < 4.78 is 0. The number of aliphatic carboxylic acids is 1. The van der Waals surface area contributed by atoms with E-state index in [0.29, 0.717) is 30.6 Å². The van der Waals surface area contributed by atoms with Crippen molar-refractivity contribution in [3.05, 3.63) is 0 Å². The van der Waals surface area contributed by atoms with E-state index in [4.69, 9.17) is 0 Å². The van der Waals surface area contributed by atoms with Crippen molar-refractivity contribution in [2.24, 2.45) is 23.7 Å². The zero-order valence-electron chi connectivity index (χ0n) is 12.9. The summed E-state index contributed by atoms with van der Waals surface area (Å²) in [5.41, 5.74) is -0.992. The molecule has 0 heterocycles. The van der Waals surface area contributed by atoms with Crippen molar-refractivity contribution >= 4 is 11.9 Å². The van der Waals surface area contributed by atoms with Crippen LogP contribution in [0.25, 0.3) is 0 Å². The van der Waals surface area contributed by atoms with Gasteiger partial charge < -0.3 is 10.4 Å². The highest BCUT2D eigenvalue weighted by atomic mass is 16.4. The highest BCUT2D eigenvalue weighted by Crippen LogP contribution is 2.55. The number of carbonyl (C=O) groups is 2. The summed E-state index contributed by atoms with van der Waals surface area (Å²) in [6.45, 7) is 2.16. The number of nitrogens with one attached hydrogen (secondary N) is 1. The van der Waals surface area contributed by atoms with Crippen LogP contribution in [-0.2, 0) is 9.59 Å². The van der Waals surface area contributed by atoms with Crippen LogP contribution in [0, 0.1) is 23.7 Å². The number of rotatable bonds is 4. The SMILES string of the molecule is CCC1CCC(NC(=O)C2C3CCCCC32)(C(=O)O)CC1. The monoisotopic (exact) mass is 293 g/mol. The van der Waals surface area contributed by atoms with Gasteiger partial charge in [-0.2, -0.15) is 0 Å². The molecule has 3 saturated carbocycles. The van der Waals surface area contributed by atoms with Crippen molar-refractivity contribution in [3.63, 3.8) is 0 Å². The maximum absolute atomic E-state index is 12.5. The van der Waals surface area contributed by atoms with Crippen molar-refractivity contribution in [1.82, 2.24) is 5.32 Å². The van der Waals surface area contributed by atoms with Gasteiger partial charge in [0.1, 0.15) is 5.54 Å². The van der Waals surface area contributed by atoms with E-state index < -0.39 is 11.5 Å². The minimum atomic E-state index is -0.992. The lowest BCUT2D eigenvalue weighted by atomic mass is 9.75. The van der Waals surface area contributed by atoms with Crippen LogP contribution in [0.15, 0.2) is 0 Å². The normalized spacial score (nSPS) is 42.0. The summed E-state index contributed by atoms with van der Waals surface area (Å²) in [5, 5.41) is 12.6. The number of carbonyl (C=O) groups excluding carboxylic acids is 1. The Labute approximate surface area is 126 Å². The Morgan fingerprint density at radius 1 is 1.10 bits per heavy atom.